The van der Waals surface area contributed by atoms with E-state index in [2.05, 4.69) is 10.2 Å². The van der Waals surface area contributed by atoms with Crippen molar-refractivity contribution in [3.05, 3.63) is 24.3 Å². The number of hydrogen-bond acceptors (Lipinski definition) is 3. The Labute approximate surface area is 103 Å². The van der Waals surface area contributed by atoms with Crippen molar-refractivity contribution in [1.82, 2.24) is 15.1 Å². The molecule has 0 aromatic rings. The van der Waals surface area contributed by atoms with Crippen LogP contribution in [0.4, 0.5) is 0 Å². The topological polar surface area (TPSA) is 35.6 Å². The average Bonchev–Trinajstić information content (AvgIpc) is 2.28. The molecule has 1 N–H and O–H groups in total. The van der Waals surface area contributed by atoms with Crippen molar-refractivity contribution in [3.8, 4) is 0 Å². The van der Waals surface area contributed by atoms with Crippen LogP contribution in [-0.2, 0) is 4.79 Å². The normalized spacial score (nSPS) is 23.5. The van der Waals surface area contributed by atoms with E-state index < -0.39 is 0 Å². The number of carbonyl (C=O) groups is 1. The molecule has 1 amide bonds. The summed E-state index contributed by atoms with van der Waals surface area (Å²) < 4.78 is 0. The molecule has 2 aliphatic heterocycles. The second-order valence-electron chi connectivity index (χ2n) is 4.56. The van der Waals surface area contributed by atoms with Crippen molar-refractivity contribution in [3.63, 3.8) is 0 Å². The molecular weight excluding hydrogens is 214 g/mol. The number of amides is 1. The lowest BCUT2D eigenvalue weighted by molar-refractivity contribution is -0.128. The summed E-state index contributed by atoms with van der Waals surface area (Å²) >= 11 is 0. The maximum Gasteiger partial charge on any atom is 0.246 e. The first-order valence-electron chi connectivity index (χ1n) is 6.34. The Hall–Kier alpha value is -1.13. The molecule has 0 unspecified atom stereocenters. The van der Waals surface area contributed by atoms with Gasteiger partial charge in [0, 0.05) is 51.4 Å². The fraction of sp³-hybridized carbons (Fsp3) is 0.615. The number of carbonyl (C=O) groups excluding carboxylic acids is 1. The zero-order chi connectivity index (χ0) is 12.1. The molecular formula is C13H21N3O. The quantitative estimate of drug-likeness (QED) is 0.562. The molecule has 2 saturated heterocycles. The van der Waals surface area contributed by atoms with E-state index in [1.807, 2.05) is 30.1 Å². The van der Waals surface area contributed by atoms with Gasteiger partial charge in [0.05, 0.1) is 0 Å². The van der Waals surface area contributed by atoms with Crippen LogP contribution in [0.2, 0.25) is 0 Å². The summed E-state index contributed by atoms with van der Waals surface area (Å²) in [5, 5.41) is 3.29. The van der Waals surface area contributed by atoms with Crippen LogP contribution >= 0.6 is 0 Å². The molecule has 94 valence electrons. The first-order valence-corrected chi connectivity index (χ1v) is 6.34. The van der Waals surface area contributed by atoms with Crippen LogP contribution in [0.25, 0.3) is 0 Å². The standard InChI is InChI=1S/C13H21N3O/c1-2-3-4-5-13(17)16-8-6-15(7-9-16)12-10-14-11-12/h2-5,12,14H,6-11H2,1H3. The molecule has 0 spiro atoms. The fourth-order valence-corrected chi connectivity index (χ4v) is 2.19. The van der Waals surface area contributed by atoms with Crippen LogP contribution in [0, 0.1) is 0 Å². The largest absolute Gasteiger partial charge is 0.337 e. The molecule has 2 aliphatic rings. The minimum Gasteiger partial charge on any atom is -0.337 e. The molecule has 0 aromatic heterocycles. The first-order chi connectivity index (χ1) is 8.31. The summed E-state index contributed by atoms with van der Waals surface area (Å²) in [6, 6.07) is 0.700. The molecule has 4 nitrogen and oxygen atoms in total. The lowest BCUT2D eigenvalue weighted by Crippen LogP contribution is -2.61. The number of piperazine rings is 1. The molecule has 4 heteroatoms. The highest BCUT2D eigenvalue weighted by atomic mass is 16.2. The van der Waals surface area contributed by atoms with Gasteiger partial charge in [0.1, 0.15) is 0 Å². The van der Waals surface area contributed by atoms with Crippen LogP contribution in [0.15, 0.2) is 24.3 Å². The van der Waals surface area contributed by atoms with Gasteiger partial charge < -0.3 is 10.2 Å². The summed E-state index contributed by atoms with van der Waals surface area (Å²) in [5.74, 6) is 0.134. The molecule has 0 bridgehead atoms. The second kappa shape index (κ2) is 5.98. The Bertz CT molecular complexity index is 313. The van der Waals surface area contributed by atoms with E-state index in [0.717, 1.165) is 39.3 Å². The van der Waals surface area contributed by atoms with Crippen molar-refractivity contribution < 1.29 is 4.79 Å². The van der Waals surface area contributed by atoms with Gasteiger partial charge in [-0.25, -0.2) is 0 Å². The third-order valence-electron chi connectivity index (χ3n) is 3.44. The van der Waals surface area contributed by atoms with E-state index >= 15 is 0 Å². The number of hydrogen-bond donors (Lipinski definition) is 1. The van der Waals surface area contributed by atoms with Crippen LogP contribution < -0.4 is 5.32 Å². The van der Waals surface area contributed by atoms with Gasteiger partial charge in [0.2, 0.25) is 5.91 Å². The number of nitrogens with one attached hydrogen (secondary N) is 1. The highest BCUT2D eigenvalue weighted by Crippen LogP contribution is 2.09. The van der Waals surface area contributed by atoms with Gasteiger partial charge in [-0.15, -0.1) is 0 Å². The van der Waals surface area contributed by atoms with E-state index in [1.54, 1.807) is 6.08 Å². The number of rotatable bonds is 3. The molecule has 0 saturated carbocycles. The Morgan fingerprint density at radius 3 is 2.41 bits per heavy atom. The van der Waals surface area contributed by atoms with E-state index in [4.69, 9.17) is 0 Å². The van der Waals surface area contributed by atoms with E-state index in [1.165, 1.54) is 0 Å². The lowest BCUT2D eigenvalue weighted by atomic mass is 10.1. The highest BCUT2D eigenvalue weighted by molar-refractivity contribution is 5.87. The van der Waals surface area contributed by atoms with Crippen LogP contribution in [0.3, 0.4) is 0 Å². The summed E-state index contributed by atoms with van der Waals surface area (Å²) in [7, 11) is 0. The number of allylic oxidation sites excluding steroid dienone is 3. The van der Waals surface area contributed by atoms with Gasteiger partial charge in [-0.1, -0.05) is 18.2 Å². The maximum absolute atomic E-state index is 11.8. The minimum absolute atomic E-state index is 0.134. The van der Waals surface area contributed by atoms with Crippen LogP contribution in [-0.4, -0.2) is 61.0 Å². The third kappa shape index (κ3) is 3.17. The van der Waals surface area contributed by atoms with Crippen molar-refractivity contribution >= 4 is 5.91 Å². The van der Waals surface area contributed by atoms with Gasteiger partial charge >= 0.3 is 0 Å². The third-order valence-corrected chi connectivity index (χ3v) is 3.44. The first kappa shape index (κ1) is 12.3. The molecule has 2 rings (SSSR count). The van der Waals surface area contributed by atoms with Crippen LogP contribution in [0.5, 0.6) is 0 Å². The summed E-state index contributed by atoms with van der Waals surface area (Å²) in [6.45, 7) is 7.89. The zero-order valence-electron chi connectivity index (χ0n) is 10.4. The molecule has 0 aliphatic carbocycles. The van der Waals surface area contributed by atoms with Crippen LogP contribution in [0.1, 0.15) is 6.92 Å². The molecule has 17 heavy (non-hydrogen) atoms. The number of nitrogens with zero attached hydrogens (tertiary/aromatic N) is 2. The van der Waals surface area contributed by atoms with Gasteiger partial charge in [-0.2, -0.15) is 0 Å². The highest BCUT2D eigenvalue weighted by Gasteiger charge is 2.28. The molecule has 2 heterocycles. The predicted octanol–water partition coefficient (Wildman–Crippen LogP) is 0.235. The Kier molecular flexibility index (Phi) is 4.34. The van der Waals surface area contributed by atoms with E-state index in [0.29, 0.717) is 6.04 Å². The molecule has 0 radical (unpaired) electrons. The Morgan fingerprint density at radius 2 is 1.88 bits per heavy atom. The summed E-state index contributed by atoms with van der Waals surface area (Å²) in [4.78, 5) is 16.2. The minimum atomic E-state index is 0.134. The molecule has 0 aromatic carbocycles. The summed E-state index contributed by atoms with van der Waals surface area (Å²) in [6.07, 6.45) is 7.27. The predicted molar refractivity (Wildman–Crippen MR) is 68.8 cm³/mol. The molecule has 0 atom stereocenters. The fourth-order valence-electron chi connectivity index (χ4n) is 2.19. The maximum atomic E-state index is 11.8. The summed E-state index contributed by atoms with van der Waals surface area (Å²) in [5.41, 5.74) is 0. The van der Waals surface area contributed by atoms with Gasteiger partial charge in [-0.05, 0) is 6.92 Å². The monoisotopic (exact) mass is 235 g/mol. The second-order valence-corrected chi connectivity index (χ2v) is 4.56. The van der Waals surface area contributed by atoms with Crippen molar-refractivity contribution in [2.75, 3.05) is 39.3 Å². The van der Waals surface area contributed by atoms with E-state index in [9.17, 15) is 4.79 Å². The SMILES string of the molecule is CC=CC=CC(=O)N1CCN(C2CNC2)CC1. The lowest BCUT2D eigenvalue weighted by Gasteiger charge is -2.43. The van der Waals surface area contributed by atoms with Gasteiger partial charge in [-0.3, -0.25) is 9.69 Å². The molecule has 2 fully saturated rings. The smallest absolute Gasteiger partial charge is 0.246 e. The Balaban J connectivity index is 1.75. The average molecular weight is 235 g/mol. The van der Waals surface area contributed by atoms with Crippen molar-refractivity contribution in [2.45, 2.75) is 13.0 Å². The van der Waals surface area contributed by atoms with Crippen molar-refractivity contribution in [1.29, 1.82) is 0 Å². The van der Waals surface area contributed by atoms with Gasteiger partial charge in [0.25, 0.3) is 0 Å². The van der Waals surface area contributed by atoms with E-state index in [-0.39, 0.29) is 5.91 Å². The Morgan fingerprint density at radius 1 is 1.18 bits per heavy atom. The van der Waals surface area contributed by atoms with Crippen molar-refractivity contribution in [2.24, 2.45) is 0 Å². The van der Waals surface area contributed by atoms with Gasteiger partial charge in [0.15, 0.2) is 0 Å². The zero-order valence-corrected chi connectivity index (χ0v) is 10.4.